The molecule has 0 aliphatic heterocycles. The van der Waals surface area contributed by atoms with E-state index < -0.39 is 0 Å². The van der Waals surface area contributed by atoms with Gasteiger partial charge in [0.05, 0.1) is 11.9 Å². The Hall–Kier alpha value is -3.93. The standard InChI is InChI=1S/C23H19N5O/c1-28-14-18(13-25-28)21-20-11-12-24-23(20)27-22(26-21)17-7-9-19(10-8-17)29-15-16-5-3-2-4-6-16/h2-14H,15H2,1H3,(H,24,26,27). The summed E-state index contributed by atoms with van der Waals surface area (Å²) in [7, 11) is 1.90. The number of hydrogen-bond acceptors (Lipinski definition) is 4. The summed E-state index contributed by atoms with van der Waals surface area (Å²) in [5, 5.41) is 5.25. The molecule has 0 unspecified atom stereocenters. The lowest BCUT2D eigenvalue weighted by Gasteiger charge is -2.08. The molecule has 5 rings (SSSR count). The van der Waals surface area contributed by atoms with Gasteiger partial charge in [0.15, 0.2) is 5.82 Å². The SMILES string of the molecule is Cn1cc(-c2nc(-c3ccc(OCc4ccccc4)cc3)nc3[nH]ccc23)cn1. The van der Waals surface area contributed by atoms with Crippen LogP contribution in [0.3, 0.4) is 0 Å². The fourth-order valence-electron chi connectivity index (χ4n) is 3.28. The van der Waals surface area contributed by atoms with E-state index in [1.165, 1.54) is 0 Å². The van der Waals surface area contributed by atoms with Crippen molar-refractivity contribution in [3.8, 4) is 28.4 Å². The predicted octanol–water partition coefficient (Wildman–Crippen LogP) is 4.60. The first kappa shape index (κ1) is 17.2. The van der Waals surface area contributed by atoms with Gasteiger partial charge in [-0.1, -0.05) is 30.3 Å². The number of aromatic nitrogens is 5. The minimum Gasteiger partial charge on any atom is -0.489 e. The lowest BCUT2D eigenvalue weighted by atomic mass is 10.1. The minimum absolute atomic E-state index is 0.538. The van der Waals surface area contributed by atoms with Crippen molar-refractivity contribution in [1.29, 1.82) is 0 Å². The molecule has 0 radical (unpaired) electrons. The van der Waals surface area contributed by atoms with Gasteiger partial charge in [-0.2, -0.15) is 5.10 Å². The average Bonchev–Trinajstić information content (AvgIpc) is 3.41. The molecule has 0 aliphatic carbocycles. The second kappa shape index (κ2) is 7.24. The normalized spacial score (nSPS) is 11.1. The molecule has 0 bridgehead atoms. The number of benzene rings is 2. The van der Waals surface area contributed by atoms with E-state index in [4.69, 9.17) is 9.72 Å². The Morgan fingerprint density at radius 3 is 2.52 bits per heavy atom. The predicted molar refractivity (Wildman–Crippen MR) is 112 cm³/mol. The summed E-state index contributed by atoms with van der Waals surface area (Å²) < 4.78 is 7.65. The third-order valence-electron chi connectivity index (χ3n) is 4.75. The highest BCUT2D eigenvalue weighted by Gasteiger charge is 2.13. The van der Waals surface area contributed by atoms with Crippen molar-refractivity contribution in [1.82, 2.24) is 24.7 Å². The highest BCUT2D eigenvalue weighted by atomic mass is 16.5. The van der Waals surface area contributed by atoms with Crippen molar-refractivity contribution in [3.63, 3.8) is 0 Å². The summed E-state index contributed by atoms with van der Waals surface area (Å²) in [5.41, 5.74) is 4.70. The Morgan fingerprint density at radius 2 is 1.76 bits per heavy atom. The molecule has 0 saturated carbocycles. The van der Waals surface area contributed by atoms with E-state index in [0.29, 0.717) is 12.4 Å². The maximum atomic E-state index is 5.88. The first-order valence-electron chi connectivity index (χ1n) is 9.37. The van der Waals surface area contributed by atoms with E-state index in [2.05, 4.69) is 15.1 Å². The van der Waals surface area contributed by atoms with Gasteiger partial charge < -0.3 is 9.72 Å². The van der Waals surface area contributed by atoms with Crippen LogP contribution in [0, 0.1) is 0 Å². The van der Waals surface area contributed by atoms with Crippen LogP contribution in [-0.4, -0.2) is 24.7 Å². The smallest absolute Gasteiger partial charge is 0.162 e. The van der Waals surface area contributed by atoms with Crippen LogP contribution in [0.25, 0.3) is 33.7 Å². The zero-order chi connectivity index (χ0) is 19.6. The fraction of sp³-hybridized carbons (Fsp3) is 0.0870. The van der Waals surface area contributed by atoms with Crippen molar-refractivity contribution in [3.05, 3.63) is 84.8 Å². The molecule has 3 aromatic heterocycles. The molecule has 6 heteroatoms. The number of fused-ring (bicyclic) bond motifs is 1. The van der Waals surface area contributed by atoms with Gasteiger partial charge in [-0.05, 0) is 35.9 Å². The van der Waals surface area contributed by atoms with Crippen molar-refractivity contribution in [2.75, 3.05) is 0 Å². The van der Waals surface area contributed by atoms with Crippen LogP contribution in [-0.2, 0) is 13.7 Å². The Balaban J connectivity index is 1.44. The van der Waals surface area contributed by atoms with E-state index in [1.54, 1.807) is 4.68 Å². The molecule has 3 heterocycles. The second-order valence-corrected chi connectivity index (χ2v) is 6.84. The molecule has 1 N–H and O–H groups in total. The Labute approximate surface area is 167 Å². The van der Waals surface area contributed by atoms with Gasteiger partial charge >= 0.3 is 0 Å². The van der Waals surface area contributed by atoms with Crippen LogP contribution in [0.2, 0.25) is 0 Å². The Bertz CT molecular complexity index is 1260. The molecule has 0 fully saturated rings. The zero-order valence-corrected chi connectivity index (χ0v) is 15.9. The van der Waals surface area contributed by atoms with Crippen molar-refractivity contribution < 1.29 is 4.74 Å². The summed E-state index contributed by atoms with van der Waals surface area (Å²) in [6, 6.07) is 20.0. The lowest BCUT2D eigenvalue weighted by Crippen LogP contribution is -1.96. The number of ether oxygens (including phenoxy) is 1. The van der Waals surface area contributed by atoms with Gasteiger partial charge in [0.25, 0.3) is 0 Å². The molecule has 0 spiro atoms. The van der Waals surface area contributed by atoms with Crippen LogP contribution < -0.4 is 4.74 Å². The average molecular weight is 381 g/mol. The van der Waals surface area contributed by atoms with E-state index in [1.807, 2.05) is 86.3 Å². The maximum absolute atomic E-state index is 5.88. The van der Waals surface area contributed by atoms with Gasteiger partial charge in [0.2, 0.25) is 0 Å². The quantitative estimate of drug-likeness (QED) is 0.483. The van der Waals surface area contributed by atoms with Crippen LogP contribution in [0.5, 0.6) is 5.75 Å². The molecule has 6 nitrogen and oxygen atoms in total. The molecule has 29 heavy (non-hydrogen) atoms. The topological polar surface area (TPSA) is 68.6 Å². The number of nitrogens with zero attached hydrogens (tertiary/aromatic N) is 4. The molecular weight excluding hydrogens is 362 g/mol. The number of nitrogens with one attached hydrogen (secondary N) is 1. The van der Waals surface area contributed by atoms with Crippen LogP contribution >= 0.6 is 0 Å². The third-order valence-corrected chi connectivity index (χ3v) is 4.75. The molecular formula is C23H19N5O. The van der Waals surface area contributed by atoms with Crippen LogP contribution in [0.15, 0.2) is 79.3 Å². The van der Waals surface area contributed by atoms with E-state index in [0.717, 1.165) is 39.2 Å². The van der Waals surface area contributed by atoms with Crippen molar-refractivity contribution >= 4 is 11.0 Å². The molecule has 0 atom stereocenters. The monoisotopic (exact) mass is 381 g/mol. The second-order valence-electron chi connectivity index (χ2n) is 6.84. The first-order chi connectivity index (χ1) is 14.3. The Kier molecular flexibility index (Phi) is 4.29. The summed E-state index contributed by atoms with van der Waals surface area (Å²) in [6.45, 7) is 0.538. The highest BCUT2D eigenvalue weighted by molar-refractivity contribution is 5.91. The summed E-state index contributed by atoms with van der Waals surface area (Å²) in [6.07, 6.45) is 5.65. The first-order valence-corrected chi connectivity index (χ1v) is 9.37. The number of rotatable bonds is 5. The van der Waals surface area contributed by atoms with Crippen LogP contribution in [0.4, 0.5) is 0 Å². The molecule has 5 aromatic rings. The molecule has 0 aliphatic rings. The summed E-state index contributed by atoms with van der Waals surface area (Å²) in [4.78, 5) is 12.7. The maximum Gasteiger partial charge on any atom is 0.162 e. The molecule has 0 amide bonds. The van der Waals surface area contributed by atoms with Crippen LogP contribution in [0.1, 0.15) is 5.56 Å². The van der Waals surface area contributed by atoms with Gasteiger partial charge in [0, 0.05) is 36.0 Å². The van der Waals surface area contributed by atoms with E-state index in [9.17, 15) is 0 Å². The number of hydrogen-bond donors (Lipinski definition) is 1. The van der Waals surface area contributed by atoms with E-state index >= 15 is 0 Å². The van der Waals surface area contributed by atoms with E-state index in [-0.39, 0.29) is 0 Å². The number of aromatic amines is 1. The minimum atomic E-state index is 0.538. The van der Waals surface area contributed by atoms with Crippen molar-refractivity contribution in [2.24, 2.45) is 7.05 Å². The summed E-state index contributed by atoms with van der Waals surface area (Å²) >= 11 is 0. The zero-order valence-electron chi connectivity index (χ0n) is 15.9. The largest absolute Gasteiger partial charge is 0.489 e. The number of H-pyrrole nitrogens is 1. The molecule has 142 valence electrons. The molecule has 2 aromatic carbocycles. The van der Waals surface area contributed by atoms with Gasteiger partial charge in [-0.15, -0.1) is 0 Å². The molecule has 0 saturated heterocycles. The fourth-order valence-corrected chi connectivity index (χ4v) is 3.28. The lowest BCUT2D eigenvalue weighted by molar-refractivity contribution is 0.306. The third kappa shape index (κ3) is 3.48. The van der Waals surface area contributed by atoms with Gasteiger partial charge in [-0.3, -0.25) is 4.68 Å². The van der Waals surface area contributed by atoms with Gasteiger partial charge in [-0.25, -0.2) is 9.97 Å². The van der Waals surface area contributed by atoms with Crippen molar-refractivity contribution in [2.45, 2.75) is 6.61 Å². The summed E-state index contributed by atoms with van der Waals surface area (Å²) in [5.74, 6) is 1.47. The highest BCUT2D eigenvalue weighted by Crippen LogP contribution is 2.29. The Morgan fingerprint density at radius 1 is 0.931 bits per heavy atom. The van der Waals surface area contributed by atoms with Gasteiger partial charge in [0.1, 0.15) is 18.0 Å². The number of aryl methyl sites for hydroxylation is 1.